The molecule has 1 heterocycles. The second kappa shape index (κ2) is 5.37. The fraction of sp³-hybridized carbons (Fsp3) is 0.312. The minimum Gasteiger partial charge on any atom is -0.475 e. The molecule has 0 unspecified atom stereocenters. The smallest absolute Gasteiger partial charge is 0.371 e. The number of carbonyl (C=O) groups is 1. The summed E-state index contributed by atoms with van der Waals surface area (Å²) in [5, 5.41) is 8.91. The zero-order valence-corrected chi connectivity index (χ0v) is 12.1. The summed E-state index contributed by atoms with van der Waals surface area (Å²) in [7, 11) is 0. The summed E-state index contributed by atoms with van der Waals surface area (Å²) in [5.74, 6) is 0.437. The van der Waals surface area contributed by atoms with Crippen molar-refractivity contribution in [3.63, 3.8) is 0 Å². The van der Waals surface area contributed by atoms with Crippen molar-refractivity contribution in [1.29, 1.82) is 0 Å². The van der Waals surface area contributed by atoms with Gasteiger partial charge in [0.2, 0.25) is 5.76 Å². The monoisotopic (exact) mass is 288 g/mol. The van der Waals surface area contributed by atoms with Crippen molar-refractivity contribution in [2.75, 3.05) is 0 Å². The van der Waals surface area contributed by atoms with Crippen LogP contribution in [0.4, 0.5) is 0 Å². The highest BCUT2D eigenvalue weighted by Crippen LogP contribution is 2.30. The maximum Gasteiger partial charge on any atom is 0.371 e. The number of thioether (sulfide) groups is 1. The molecule has 0 atom stereocenters. The predicted molar refractivity (Wildman–Crippen MR) is 78.4 cm³/mol. The minimum absolute atomic E-state index is 0.0204. The Morgan fingerprint density at radius 1 is 1.30 bits per heavy atom. The van der Waals surface area contributed by atoms with E-state index < -0.39 is 5.97 Å². The van der Waals surface area contributed by atoms with Gasteiger partial charge in [-0.1, -0.05) is 6.07 Å². The van der Waals surface area contributed by atoms with Crippen LogP contribution in [0.5, 0.6) is 0 Å². The summed E-state index contributed by atoms with van der Waals surface area (Å²) in [6.07, 6.45) is 3.63. The highest BCUT2D eigenvalue weighted by molar-refractivity contribution is 7.98. The second-order valence-electron chi connectivity index (χ2n) is 5.07. The molecule has 20 heavy (non-hydrogen) atoms. The predicted octanol–water partition coefficient (Wildman–Crippen LogP) is 4.07. The standard InChI is InChI=1S/C16H16O3S/c1-10-13(8-15(19-10)16(17)18)9-20-14-6-5-11-3-2-4-12(11)7-14/h5-8H,2-4,9H2,1H3,(H,17,18). The Morgan fingerprint density at radius 2 is 2.10 bits per heavy atom. The largest absolute Gasteiger partial charge is 0.475 e. The Kier molecular flexibility index (Phi) is 3.57. The van der Waals surface area contributed by atoms with Crippen LogP contribution >= 0.6 is 11.8 Å². The Labute approximate surface area is 122 Å². The molecular weight excluding hydrogens is 272 g/mol. The van der Waals surface area contributed by atoms with E-state index in [0.29, 0.717) is 5.76 Å². The minimum atomic E-state index is -1.01. The summed E-state index contributed by atoms with van der Waals surface area (Å²) in [6, 6.07) is 8.26. The van der Waals surface area contributed by atoms with Gasteiger partial charge in [0.15, 0.2) is 0 Å². The summed E-state index contributed by atoms with van der Waals surface area (Å²) in [4.78, 5) is 12.1. The molecular formula is C16H16O3S. The molecule has 0 spiro atoms. The van der Waals surface area contributed by atoms with Gasteiger partial charge in [0.25, 0.3) is 0 Å². The van der Waals surface area contributed by atoms with Crippen LogP contribution in [-0.2, 0) is 18.6 Å². The van der Waals surface area contributed by atoms with Gasteiger partial charge in [0.05, 0.1) is 0 Å². The lowest BCUT2D eigenvalue weighted by Gasteiger charge is -2.04. The molecule has 3 nitrogen and oxygen atoms in total. The van der Waals surface area contributed by atoms with Crippen LogP contribution in [0.1, 0.15) is 39.4 Å². The van der Waals surface area contributed by atoms with Crippen LogP contribution in [0.3, 0.4) is 0 Å². The third kappa shape index (κ3) is 2.61. The lowest BCUT2D eigenvalue weighted by Crippen LogP contribution is -1.91. The molecule has 1 aliphatic carbocycles. The zero-order chi connectivity index (χ0) is 14.1. The fourth-order valence-corrected chi connectivity index (χ4v) is 3.57. The van der Waals surface area contributed by atoms with Crippen LogP contribution in [-0.4, -0.2) is 11.1 Å². The number of aryl methyl sites for hydroxylation is 3. The fourth-order valence-electron chi connectivity index (χ4n) is 2.57. The summed E-state index contributed by atoms with van der Waals surface area (Å²) in [6.45, 7) is 1.81. The number of benzene rings is 1. The van der Waals surface area contributed by atoms with Crippen LogP contribution in [0.15, 0.2) is 33.6 Å². The lowest BCUT2D eigenvalue weighted by atomic mass is 10.1. The maximum atomic E-state index is 10.9. The van der Waals surface area contributed by atoms with E-state index in [9.17, 15) is 4.79 Å². The van der Waals surface area contributed by atoms with Crippen molar-refractivity contribution in [3.8, 4) is 0 Å². The topological polar surface area (TPSA) is 50.4 Å². The van der Waals surface area contributed by atoms with E-state index in [-0.39, 0.29) is 5.76 Å². The first-order valence-electron chi connectivity index (χ1n) is 6.70. The van der Waals surface area contributed by atoms with Gasteiger partial charge in [-0.25, -0.2) is 4.79 Å². The lowest BCUT2D eigenvalue weighted by molar-refractivity contribution is 0.0661. The number of rotatable bonds is 4. The van der Waals surface area contributed by atoms with E-state index in [0.717, 1.165) is 11.3 Å². The first kappa shape index (κ1) is 13.3. The number of hydrogen-bond acceptors (Lipinski definition) is 3. The Balaban J connectivity index is 1.72. The molecule has 104 valence electrons. The molecule has 1 aliphatic rings. The van der Waals surface area contributed by atoms with Gasteiger partial charge in [-0.3, -0.25) is 0 Å². The molecule has 4 heteroatoms. The summed E-state index contributed by atoms with van der Waals surface area (Å²) < 4.78 is 5.23. The van der Waals surface area contributed by atoms with Gasteiger partial charge in [-0.15, -0.1) is 11.8 Å². The number of furan rings is 1. The van der Waals surface area contributed by atoms with Crippen LogP contribution in [0, 0.1) is 6.92 Å². The Hall–Kier alpha value is -1.68. The van der Waals surface area contributed by atoms with E-state index in [1.165, 1.54) is 35.3 Å². The highest BCUT2D eigenvalue weighted by atomic mass is 32.2. The first-order chi connectivity index (χ1) is 9.63. The molecule has 0 radical (unpaired) electrons. The van der Waals surface area contributed by atoms with Crippen molar-refractivity contribution in [2.45, 2.75) is 36.8 Å². The molecule has 1 aromatic carbocycles. The van der Waals surface area contributed by atoms with Crippen molar-refractivity contribution in [2.24, 2.45) is 0 Å². The number of carboxylic acids is 1. The van der Waals surface area contributed by atoms with Crippen LogP contribution < -0.4 is 0 Å². The molecule has 0 aliphatic heterocycles. The SMILES string of the molecule is Cc1oc(C(=O)O)cc1CSc1ccc2c(c1)CCC2. The molecule has 0 saturated carbocycles. The van der Waals surface area contributed by atoms with E-state index in [4.69, 9.17) is 9.52 Å². The molecule has 1 aromatic heterocycles. The second-order valence-corrected chi connectivity index (χ2v) is 6.12. The Morgan fingerprint density at radius 3 is 2.85 bits per heavy atom. The molecule has 3 rings (SSSR count). The van der Waals surface area contributed by atoms with Gasteiger partial charge < -0.3 is 9.52 Å². The highest BCUT2D eigenvalue weighted by Gasteiger charge is 2.14. The van der Waals surface area contributed by atoms with E-state index in [1.807, 2.05) is 6.92 Å². The zero-order valence-electron chi connectivity index (χ0n) is 11.3. The maximum absolute atomic E-state index is 10.9. The van der Waals surface area contributed by atoms with Crippen molar-refractivity contribution in [3.05, 3.63) is 52.5 Å². The average Bonchev–Trinajstić information content (AvgIpc) is 3.02. The quantitative estimate of drug-likeness (QED) is 0.862. The van der Waals surface area contributed by atoms with Gasteiger partial charge in [0, 0.05) is 16.2 Å². The molecule has 0 amide bonds. The Bertz CT molecular complexity index is 658. The first-order valence-corrected chi connectivity index (χ1v) is 7.69. The van der Waals surface area contributed by atoms with Crippen molar-refractivity contribution in [1.82, 2.24) is 0 Å². The molecule has 0 saturated heterocycles. The molecule has 0 fully saturated rings. The number of hydrogen-bond donors (Lipinski definition) is 1. The number of fused-ring (bicyclic) bond motifs is 1. The van der Waals surface area contributed by atoms with Crippen LogP contribution in [0.2, 0.25) is 0 Å². The molecule has 1 N–H and O–H groups in total. The third-order valence-electron chi connectivity index (χ3n) is 3.70. The number of aromatic carboxylic acids is 1. The molecule has 0 bridgehead atoms. The summed E-state index contributed by atoms with van der Waals surface area (Å²) >= 11 is 1.73. The average molecular weight is 288 g/mol. The van der Waals surface area contributed by atoms with E-state index >= 15 is 0 Å². The molecule has 2 aromatic rings. The summed E-state index contributed by atoms with van der Waals surface area (Å²) in [5.41, 5.74) is 3.89. The third-order valence-corrected chi connectivity index (χ3v) is 4.74. The van der Waals surface area contributed by atoms with Gasteiger partial charge in [-0.05, 0) is 55.5 Å². The van der Waals surface area contributed by atoms with Gasteiger partial charge in [0.1, 0.15) is 5.76 Å². The van der Waals surface area contributed by atoms with Gasteiger partial charge >= 0.3 is 5.97 Å². The normalized spacial score (nSPS) is 13.4. The van der Waals surface area contributed by atoms with Crippen LogP contribution in [0.25, 0.3) is 0 Å². The van der Waals surface area contributed by atoms with E-state index in [2.05, 4.69) is 18.2 Å². The van der Waals surface area contributed by atoms with E-state index in [1.54, 1.807) is 17.8 Å². The van der Waals surface area contributed by atoms with Crippen molar-refractivity contribution < 1.29 is 14.3 Å². The number of carboxylic acid groups (broad SMARTS) is 1. The van der Waals surface area contributed by atoms with Crippen molar-refractivity contribution >= 4 is 17.7 Å². The van der Waals surface area contributed by atoms with Gasteiger partial charge in [-0.2, -0.15) is 0 Å².